The highest BCUT2D eigenvalue weighted by Gasteiger charge is 2.22. The van der Waals surface area contributed by atoms with E-state index >= 15 is 0 Å². The van der Waals surface area contributed by atoms with Crippen molar-refractivity contribution in [2.75, 3.05) is 33.8 Å². The molecule has 194 valence electrons. The number of quaternary nitrogens is 1. The lowest BCUT2D eigenvalue weighted by atomic mass is 10.0. The van der Waals surface area contributed by atoms with E-state index in [1.165, 1.54) is 95.6 Å². The number of hydrogen-bond donors (Lipinski definition) is 0. The second kappa shape index (κ2) is 17.2. The molecule has 0 aliphatic heterocycles. The molecule has 8 nitrogen and oxygen atoms in total. The van der Waals surface area contributed by atoms with E-state index in [0.717, 1.165) is 23.5 Å². The molecule has 0 atom stereocenters. The van der Waals surface area contributed by atoms with Crippen LogP contribution >= 0.6 is 0 Å². The summed E-state index contributed by atoms with van der Waals surface area (Å²) in [5, 5.41) is 22.1. The number of nitrogens with zero attached hydrogens (tertiary/aromatic N) is 3. The van der Waals surface area contributed by atoms with Crippen LogP contribution in [0.3, 0.4) is 0 Å². The summed E-state index contributed by atoms with van der Waals surface area (Å²) in [4.78, 5) is 20.8. The summed E-state index contributed by atoms with van der Waals surface area (Å²) in [6.45, 7) is 4.33. The molecule has 0 radical (unpaired) electrons. The molecule has 0 saturated carbocycles. The zero-order chi connectivity index (χ0) is 25.2. The molecule has 0 fully saturated rings. The van der Waals surface area contributed by atoms with Gasteiger partial charge in [0.15, 0.2) is 5.75 Å². The summed E-state index contributed by atoms with van der Waals surface area (Å²) in [6.07, 6.45) is 18.8. The SMILES string of the molecule is CCCCCCCCCCCCCCCC[N+](C)(C)CCOc1ccc([N+](=O)[O-])cc1[N+](=O)[O-]. The van der Waals surface area contributed by atoms with Crippen molar-refractivity contribution in [1.29, 1.82) is 0 Å². The van der Waals surface area contributed by atoms with Crippen LogP contribution in [0.1, 0.15) is 96.8 Å². The minimum atomic E-state index is -0.646. The lowest BCUT2D eigenvalue weighted by Gasteiger charge is -2.29. The predicted octanol–water partition coefficient (Wildman–Crippen LogP) is 7.44. The van der Waals surface area contributed by atoms with Gasteiger partial charge in [0.25, 0.3) is 5.69 Å². The van der Waals surface area contributed by atoms with Gasteiger partial charge in [-0.25, -0.2) is 0 Å². The summed E-state index contributed by atoms with van der Waals surface area (Å²) in [5.74, 6) is 0.0760. The molecule has 0 spiro atoms. The maximum absolute atomic E-state index is 11.2. The third-order valence-corrected chi connectivity index (χ3v) is 6.42. The Kier molecular flexibility index (Phi) is 15.1. The fourth-order valence-electron chi connectivity index (χ4n) is 4.13. The van der Waals surface area contributed by atoms with Gasteiger partial charge < -0.3 is 9.22 Å². The molecule has 0 aromatic heterocycles. The molecule has 34 heavy (non-hydrogen) atoms. The molecule has 1 aromatic carbocycles. The van der Waals surface area contributed by atoms with Crippen LogP contribution in [0.15, 0.2) is 18.2 Å². The Labute approximate surface area is 205 Å². The number of ether oxygens (including phenoxy) is 1. The monoisotopic (exact) mass is 480 g/mol. The van der Waals surface area contributed by atoms with E-state index in [1.807, 2.05) is 0 Å². The molecule has 1 aromatic rings. The molecular formula is C26H46N3O5+. The second-order valence-electron chi connectivity index (χ2n) is 9.99. The zero-order valence-corrected chi connectivity index (χ0v) is 21.6. The first kappa shape index (κ1) is 29.8. The van der Waals surface area contributed by atoms with Gasteiger partial charge in [0.05, 0.1) is 36.6 Å². The van der Waals surface area contributed by atoms with Gasteiger partial charge in [-0.05, 0) is 18.9 Å². The van der Waals surface area contributed by atoms with Crippen molar-refractivity contribution in [2.24, 2.45) is 0 Å². The fraction of sp³-hybridized carbons (Fsp3) is 0.769. The number of unbranched alkanes of at least 4 members (excludes halogenated alkanes) is 13. The summed E-state index contributed by atoms with van der Waals surface area (Å²) in [5.41, 5.74) is -0.681. The Hall–Kier alpha value is -2.22. The molecule has 1 rings (SSSR count). The average Bonchev–Trinajstić information content (AvgIpc) is 2.79. The van der Waals surface area contributed by atoms with Crippen molar-refractivity contribution in [2.45, 2.75) is 96.8 Å². The van der Waals surface area contributed by atoms with Gasteiger partial charge in [-0.1, -0.05) is 84.0 Å². The Morgan fingerprint density at radius 2 is 1.24 bits per heavy atom. The Morgan fingerprint density at radius 3 is 1.71 bits per heavy atom. The molecule has 0 amide bonds. The average molecular weight is 481 g/mol. The van der Waals surface area contributed by atoms with Crippen LogP contribution in [-0.4, -0.2) is 48.1 Å². The van der Waals surface area contributed by atoms with Crippen molar-refractivity contribution in [1.82, 2.24) is 0 Å². The molecule has 0 aliphatic rings. The third kappa shape index (κ3) is 13.5. The van der Waals surface area contributed by atoms with E-state index in [2.05, 4.69) is 21.0 Å². The maximum atomic E-state index is 11.2. The topological polar surface area (TPSA) is 95.5 Å². The number of nitro groups is 2. The molecule has 0 saturated heterocycles. The van der Waals surface area contributed by atoms with Crippen LogP contribution in [0.2, 0.25) is 0 Å². The zero-order valence-electron chi connectivity index (χ0n) is 21.6. The van der Waals surface area contributed by atoms with E-state index in [-0.39, 0.29) is 17.1 Å². The number of rotatable bonds is 21. The molecule has 0 bridgehead atoms. The number of hydrogen-bond acceptors (Lipinski definition) is 5. The Bertz CT molecular complexity index is 724. The normalized spacial score (nSPS) is 11.5. The third-order valence-electron chi connectivity index (χ3n) is 6.42. The second-order valence-corrected chi connectivity index (χ2v) is 9.99. The van der Waals surface area contributed by atoms with E-state index < -0.39 is 9.85 Å². The summed E-state index contributed by atoms with van der Waals surface area (Å²) in [7, 11) is 4.27. The van der Waals surface area contributed by atoms with E-state index in [0.29, 0.717) is 13.2 Å². The molecule has 0 N–H and O–H groups in total. The number of likely N-dealkylation sites (N-methyl/N-ethyl adjacent to an activating group) is 1. The van der Waals surface area contributed by atoms with Gasteiger partial charge in [-0.15, -0.1) is 0 Å². The minimum absolute atomic E-state index is 0.0760. The highest BCUT2D eigenvalue weighted by Crippen LogP contribution is 2.31. The first-order valence-electron chi connectivity index (χ1n) is 13.1. The lowest BCUT2D eigenvalue weighted by Crippen LogP contribution is -2.43. The molecular weight excluding hydrogens is 434 g/mol. The predicted molar refractivity (Wildman–Crippen MR) is 137 cm³/mol. The first-order valence-corrected chi connectivity index (χ1v) is 13.1. The highest BCUT2D eigenvalue weighted by molar-refractivity contribution is 5.53. The standard InChI is InChI=1S/C26H46N3O5/c1-4-5-6-7-8-9-10-11-12-13-14-15-16-17-20-29(2,3)21-22-34-26-19-18-24(27(30)31)23-25(26)28(32)33/h18-19,23H,4-17,20-22H2,1-3H3/q+1. The summed E-state index contributed by atoms with van der Waals surface area (Å²) < 4.78 is 6.39. The van der Waals surface area contributed by atoms with Crippen LogP contribution in [-0.2, 0) is 0 Å². The molecule has 0 heterocycles. The van der Waals surface area contributed by atoms with Gasteiger partial charge in [-0.3, -0.25) is 20.2 Å². The van der Waals surface area contributed by atoms with E-state index in [1.54, 1.807) is 0 Å². The smallest absolute Gasteiger partial charge is 0.317 e. The van der Waals surface area contributed by atoms with Crippen LogP contribution in [0.5, 0.6) is 5.75 Å². The molecule has 8 heteroatoms. The van der Waals surface area contributed by atoms with Crippen LogP contribution in [0.25, 0.3) is 0 Å². The van der Waals surface area contributed by atoms with Crippen LogP contribution in [0.4, 0.5) is 11.4 Å². The minimum Gasteiger partial charge on any atom is -0.481 e. The molecule has 0 unspecified atom stereocenters. The summed E-state index contributed by atoms with van der Waals surface area (Å²) >= 11 is 0. The van der Waals surface area contributed by atoms with E-state index in [9.17, 15) is 20.2 Å². The molecule has 0 aliphatic carbocycles. The maximum Gasteiger partial charge on any atom is 0.317 e. The van der Waals surface area contributed by atoms with Gasteiger partial charge in [-0.2, -0.15) is 0 Å². The van der Waals surface area contributed by atoms with Crippen molar-refractivity contribution in [3.63, 3.8) is 0 Å². The van der Waals surface area contributed by atoms with Crippen molar-refractivity contribution >= 4 is 11.4 Å². The van der Waals surface area contributed by atoms with Crippen molar-refractivity contribution < 1.29 is 19.1 Å². The van der Waals surface area contributed by atoms with Gasteiger partial charge in [0.1, 0.15) is 13.2 Å². The van der Waals surface area contributed by atoms with Gasteiger partial charge in [0.2, 0.25) is 0 Å². The Morgan fingerprint density at radius 1 is 0.735 bits per heavy atom. The Balaban J connectivity index is 2.12. The highest BCUT2D eigenvalue weighted by atomic mass is 16.6. The van der Waals surface area contributed by atoms with Crippen LogP contribution < -0.4 is 4.74 Å². The fourth-order valence-corrected chi connectivity index (χ4v) is 4.13. The quantitative estimate of drug-likeness (QED) is 0.0788. The van der Waals surface area contributed by atoms with Gasteiger partial charge >= 0.3 is 5.69 Å². The van der Waals surface area contributed by atoms with Gasteiger partial charge in [0, 0.05) is 6.07 Å². The number of nitro benzene ring substituents is 2. The summed E-state index contributed by atoms with van der Waals surface area (Å²) in [6, 6.07) is 3.49. The number of non-ortho nitro benzene ring substituents is 1. The first-order chi connectivity index (χ1) is 16.3. The van der Waals surface area contributed by atoms with Crippen molar-refractivity contribution in [3.05, 3.63) is 38.4 Å². The van der Waals surface area contributed by atoms with E-state index in [4.69, 9.17) is 4.74 Å². The van der Waals surface area contributed by atoms with Crippen LogP contribution in [0, 0.1) is 20.2 Å². The number of benzene rings is 1. The van der Waals surface area contributed by atoms with Crippen molar-refractivity contribution in [3.8, 4) is 5.75 Å². The lowest BCUT2D eigenvalue weighted by molar-refractivity contribution is -0.890. The largest absolute Gasteiger partial charge is 0.481 e.